The van der Waals surface area contributed by atoms with Crippen molar-refractivity contribution in [2.24, 2.45) is 0 Å². The average molecular weight is 304 g/mol. The third-order valence-corrected chi connectivity index (χ3v) is 4.17. The van der Waals surface area contributed by atoms with E-state index in [4.69, 9.17) is 16.3 Å². The molecule has 1 aliphatic heterocycles. The summed E-state index contributed by atoms with van der Waals surface area (Å²) in [6, 6.07) is 7.85. The van der Waals surface area contributed by atoms with E-state index in [1.165, 1.54) is 0 Å². The van der Waals surface area contributed by atoms with Gasteiger partial charge in [-0.25, -0.2) is 9.97 Å². The number of aryl methyl sites for hydroxylation is 1. The fourth-order valence-electron chi connectivity index (χ4n) is 2.57. The summed E-state index contributed by atoms with van der Waals surface area (Å²) in [4.78, 5) is 11.0. The number of aromatic nitrogens is 2. The Morgan fingerprint density at radius 1 is 1.19 bits per heavy atom. The maximum atomic E-state index is 5.95. The third kappa shape index (κ3) is 3.01. The Balaban J connectivity index is 1.82. The summed E-state index contributed by atoms with van der Waals surface area (Å²) in [5, 5.41) is 0.744. The molecule has 1 saturated heterocycles. The summed E-state index contributed by atoms with van der Waals surface area (Å²) in [6.07, 6.45) is 1.68. The monoisotopic (exact) mass is 303 g/mol. The van der Waals surface area contributed by atoms with E-state index in [0.717, 1.165) is 40.8 Å². The Labute approximate surface area is 129 Å². The second-order valence-electron chi connectivity index (χ2n) is 5.26. The van der Waals surface area contributed by atoms with Gasteiger partial charge in [-0.2, -0.15) is 0 Å². The number of ether oxygens (including phenoxy) is 1. The molecule has 1 aliphatic rings. The maximum Gasteiger partial charge on any atom is 0.135 e. The zero-order valence-electron chi connectivity index (χ0n) is 12.2. The zero-order valence-corrected chi connectivity index (χ0v) is 13.0. The lowest BCUT2D eigenvalue weighted by atomic mass is 10.1. The van der Waals surface area contributed by atoms with Crippen molar-refractivity contribution in [3.63, 3.8) is 0 Å². The highest BCUT2D eigenvalue weighted by atomic mass is 35.5. The van der Waals surface area contributed by atoms with Gasteiger partial charge in [0.25, 0.3) is 0 Å². The second kappa shape index (κ2) is 6.00. The highest BCUT2D eigenvalue weighted by molar-refractivity contribution is 6.30. The van der Waals surface area contributed by atoms with Crippen LogP contribution in [0, 0.1) is 13.8 Å². The molecule has 0 spiro atoms. The molecular weight excluding hydrogens is 286 g/mol. The van der Waals surface area contributed by atoms with Crippen molar-refractivity contribution < 1.29 is 4.74 Å². The number of morpholine rings is 1. The van der Waals surface area contributed by atoms with E-state index in [2.05, 4.69) is 21.8 Å². The van der Waals surface area contributed by atoms with Gasteiger partial charge in [-0.1, -0.05) is 23.7 Å². The van der Waals surface area contributed by atoms with Gasteiger partial charge in [-0.15, -0.1) is 0 Å². The number of hydrogen-bond acceptors (Lipinski definition) is 4. The Bertz CT molecular complexity index is 630. The number of rotatable bonds is 2. The topological polar surface area (TPSA) is 38.2 Å². The fraction of sp³-hybridized carbons (Fsp3) is 0.375. The third-order valence-electron chi connectivity index (χ3n) is 3.92. The predicted molar refractivity (Wildman–Crippen MR) is 83.9 cm³/mol. The lowest BCUT2D eigenvalue weighted by Gasteiger charge is -2.34. The molecule has 1 aromatic heterocycles. The van der Waals surface area contributed by atoms with Gasteiger partial charge in [0.05, 0.1) is 6.61 Å². The summed E-state index contributed by atoms with van der Waals surface area (Å²) in [5.74, 6) is 1.00. The molecule has 0 bridgehead atoms. The summed E-state index contributed by atoms with van der Waals surface area (Å²) in [6.45, 7) is 6.41. The van der Waals surface area contributed by atoms with Gasteiger partial charge < -0.3 is 9.64 Å². The lowest BCUT2D eigenvalue weighted by molar-refractivity contribution is 0.0395. The molecule has 0 saturated carbocycles. The molecule has 1 atom stereocenters. The van der Waals surface area contributed by atoms with Crippen LogP contribution in [0.3, 0.4) is 0 Å². The molecule has 0 radical (unpaired) electrons. The Morgan fingerprint density at radius 3 is 2.71 bits per heavy atom. The molecule has 1 aromatic carbocycles. The van der Waals surface area contributed by atoms with Crippen LogP contribution in [-0.4, -0.2) is 29.7 Å². The minimum Gasteiger partial charge on any atom is -0.370 e. The van der Waals surface area contributed by atoms with Gasteiger partial charge >= 0.3 is 0 Å². The Kier molecular flexibility index (Phi) is 4.08. The van der Waals surface area contributed by atoms with Crippen LogP contribution in [0.5, 0.6) is 0 Å². The van der Waals surface area contributed by atoms with E-state index >= 15 is 0 Å². The van der Waals surface area contributed by atoms with Crippen molar-refractivity contribution in [3.05, 3.63) is 52.4 Å². The molecule has 1 unspecified atom stereocenters. The zero-order chi connectivity index (χ0) is 14.8. The van der Waals surface area contributed by atoms with Crippen LogP contribution in [0.1, 0.15) is 22.9 Å². The number of nitrogens with zero attached hydrogens (tertiary/aromatic N) is 3. The number of benzene rings is 1. The van der Waals surface area contributed by atoms with Gasteiger partial charge in [-0.05, 0) is 31.5 Å². The fourth-order valence-corrected chi connectivity index (χ4v) is 2.69. The Hall–Kier alpha value is -1.65. The molecule has 21 heavy (non-hydrogen) atoms. The van der Waals surface area contributed by atoms with Crippen LogP contribution in [0.25, 0.3) is 0 Å². The minimum absolute atomic E-state index is 0.0469. The molecule has 0 aliphatic carbocycles. The van der Waals surface area contributed by atoms with E-state index in [-0.39, 0.29) is 6.10 Å². The van der Waals surface area contributed by atoms with E-state index in [1.807, 2.05) is 31.2 Å². The van der Waals surface area contributed by atoms with E-state index < -0.39 is 0 Å². The lowest BCUT2D eigenvalue weighted by Crippen LogP contribution is -2.39. The molecular formula is C16H18ClN3O. The smallest absolute Gasteiger partial charge is 0.135 e. The van der Waals surface area contributed by atoms with Crippen LogP contribution in [-0.2, 0) is 4.74 Å². The minimum atomic E-state index is 0.0469. The first-order valence-electron chi connectivity index (χ1n) is 7.05. The molecule has 110 valence electrons. The summed E-state index contributed by atoms with van der Waals surface area (Å²) in [5.41, 5.74) is 3.30. The van der Waals surface area contributed by atoms with Crippen molar-refractivity contribution in [1.82, 2.24) is 9.97 Å². The van der Waals surface area contributed by atoms with Crippen LogP contribution in [0.2, 0.25) is 5.02 Å². The maximum absolute atomic E-state index is 5.95. The first-order valence-corrected chi connectivity index (χ1v) is 7.43. The summed E-state index contributed by atoms with van der Waals surface area (Å²) < 4.78 is 5.90. The quantitative estimate of drug-likeness (QED) is 0.853. The average Bonchev–Trinajstić information content (AvgIpc) is 2.51. The van der Waals surface area contributed by atoms with Crippen LogP contribution >= 0.6 is 11.6 Å². The van der Waals surface area contributed by atoms with E-state index in [1.54, 1.807) is 6.33 Å². The van der Waals surface area contributed by atoms with Gasteiger partial charge in [0.1, 0.15) is 18.2 Å². The van der Waals surface area contributed by atoms with Crippen molar-refractivity contribution in [2.75, 3.05) is 24.6 Å². The molecule has 0 N–H and O–H groups in total. The van der Waals surface area contributed by atoms with Crippen LogP contribution < -0.4 is 4.90 Å². The second-order valence-corrected chi connectivity index (χ2v) is 5.70. The van der Waals surface area contributed by atoms with E-state index in [0.29, 0.717) is 6.61 Å². The SMILES string of the molecule is Cc1ncnc(N2CCOC(c3ccc(Cl)cc3)C2)c1C. The summed E-state index contributed by atoms with van der Waals surface area (Å²) >= 11 is 5.95. The molecule has 0 amide bonds. The van der Waals surface area contributed by atoms with Crippen LogP contribution in [0.15, 0.2) is 30.6 Å². The Morgan fingerprint density at radius 2 is 1.95 bits per heavy atom. The molecule has 5 heteroatoms. The van der Waals surface area contributed by atoms with Crippen molar-refractivity contribution in [2.45, 2.75) is 20.0 Å². The first-order chi connectivity index (χ1) is 10.1. The van der Waals surface area contributed by atoms with Crippen molar-refractivity contribution >= 4 is 17.4 Å². The highest BCUT2D eigenvalue weighted by Crippen LogP contribution is 2.27. The van der Waals surface area contributed by atoms with Crippen LogP contribution in [0.4, 0.5) is 5.82 Å². The number of hydrogen-bond donors (Lipinski definition) is 0. The van der Waals surface area contributed by atoms with Gasteiger partial charge in [0.15, 0.2) is 0 Å². The van der Waals surface area contributed by atoms with Gasteiger partial charge in [0, 0.05) is 29.4 Å². The number of anilines is 1. The first kappa shape index (κ1) is 14.3. The van der Waals surface area contributed by atoms with Gasteiger partial charge in [-0.3, -0.25) is 0 Å². The van der Waals surface area contributed by atoms with Gasteiger partial charge in [0.2, 0.25) is 0 Å². The van der Waals surface area contributed by atoms with E-state index in [9.17, 15) is 0 Å². The summed E-state index contributed by atoms with van der Waals surface area (Å²) in [7, 11) is 0. The highest BCUT2D eigenvalue weighted by Gasteiger charge is 2.24. The number of halogens is 1. The molecule has 2 heterocycles. The molecule has 3 rings (SSSR count). The molecule has 4 nitrogen and oxygen atoms in total. The molecule has 1 fully saturated rings. The van der Waals surface area contributed by atoms with Crippen molar-refractivity contribution in [3.8, 4) is 0 Å². The standard InChI is InChI=1S/C16H18ClN3O/c1-11-12(2)18-10-19-16(11)20-7-8-21-15(9-20)13-3-5-14(17)6-4-13/h3-6,10,15H,7-9H2,1-2H3. The molecule has 2 aromatic rings. The largest absolute Gasteiger partial charge is 0.370 e. The predicted octanol–water partition coefficient (Wildman–Crippen LogP) is 3.32. The van der Waals surface area contributed by atoms with Crippen molar-refractivity contribution in [1.29, 1.82) is 0 Å². The normalized spacial score (nSPS) is 18.8.